The second-order valence-corrected chi connectivity index (χ2v) is 8.60. The van der Waals surface area contributed by atoms with Crippen molar-refractivity contribution in [1.29, 1.82) is 0 Å². The predicted octanol–water partition coefficient (Wildman–Crippen LogP) is 4.93. The number of benzene rings is 2. The summed E-state index contributed by atoms with van der Waals surface area (Å²) in [6.07, 6.45) is 5.52. The Morgan fingerprint density at radius 3 is 2.42 bits per heavy atom. The van der Waals surface area contributed by atoms with E-state index in [1.165, 1.54) is 6.42 Å². The first kappa shape index (κ1) is 19.8. The normalized spacial score (nSPS) is 14.9. The second-order valence-electron chi connectivity index (χ2n) is 8.17. The standard InChI is InChI=1S/C24H24ClN5O/c25-16-12-10-15(11-13-16)14-30-22(26)20(24(31)27-17-6-2-1-3-7-17)21-23(30)29-19-9-5-4-8-18(19)28-21/h4-5,8-13,17H,1-3,6-7,14,26H2,(H,27,31). The maximum absolute atomic E-state index is 13.3. The van der Waals surface area contributed by atoms with Gasteiger partial charge in [-0.25, -0.2) is 9.97 Å². The van der Waals surface area contributed by atoms with Gasteiger partial charge in [-0.3, -0.25) is 4.79 Å². The second kappa shape index (κ2) is 8.19. The number of anilines is 1. The molecule has 5 rings (SSSR count). The first-order chi connectivity index (χ1) is 15.1. The number of carbonyl (C=O) groups excluding carboxylic acids is 1. The van der Waals surface area contributed by atoms with E-state index in [1.807, 2.05) is 53.1 Å². The summed E-state index contributed by atoms with van der Waals surface area (Å²) in [6, 6.07) is 15.4. The molecule has 158 valence electrons. The van der Waals surface area contributed by atoms with Crippen LogP contribution in [0.1, 0.15) is 48.0 Å². The first-order valence-electron chi connectivity index (χ1n) is 10.7. The van der Waals surface area contributed by atoms with Crippen LogP contribution in [0.3, 0.4) is 0 Å². The minimum Gasteiger partial charge on any atom is -0.384 e. The molecule has 1 amide bonds. The van der Waals surface area contributed by atoms with Crippen LogP contribution in [-0.4, -0.2) is 26.5 Å². The number of aromatic nitrogens is 3. The Labute approximate surface area is 185 Å². The van der Waals surface area contributed by atoms with Crippen molar-refractivity contribution in [2.45, 2.75) is 44.7 Å². The van der Waals surface area contributed by atoms with Crippen LogP contribution in [-0.2, 0) is 6.54 Å². The summed E-state index contributed by atoms with van der Waals surface area (Å²) in [5, 5.41) is 3.86. The zero-order valence-electron chi connectivity index (χ0n) is 17.1. The fourth-order valence-electron chi connectivity index (χ4n) is 4.38. The van der Waals surface area contributed by atoms with E-state index in [9.17, 15) is 4.79 Å². The fourth-order valence-corrected chi connectivity index (χ4v) is 4.50. The van der Waals surface area contributed by atoms with Crippen molar-refractivity contribution >= 4 is 45.5 Å². The Bertz CT molecular complexity index is 1260. The molecule has 1 fully saturated rings. The minimum absolute atomic E-state index is 0.172. The van der Waals surface area contributed by atoms with Gasteiger partial charge in [0.1, 0.15) is 16.9 Å². The molecule has 4 aromatic rings. The molecule has 0 unspecified atom stereocenters. The number of nitrogens with zero attached hydrogens (tertiary/aromatic N) is 3. The smallest absolute Gasteiger partial charge is 0.257 e. The number of para-hydroxylation sites is 2. The monoisotopic (exact) mass is 433 g/mol. The van der Waals surface area contributed by atoms with E-state index in [4.69, 9.17) is 27.3 Å². The van der Waals surface area contributed by atoms with E-state index in [0.29, 0.717) is 34.1 Å². The average Bonchev–Trinajstić information content (AvgIpc) is 3.05. The Hall–Kier alpha value is -3.12. The lowest BCUT2D eigenvalue weighted by atomic mass is 9.95. The molecule has 1 aliphatic carbocycles. The Kier molecular flexibility index (Phi) is 5.24. The van der Waals surface area contributed by atoms with Crippen LogP contribution in [0.4, 0.5) is 5.82 Å². The van der Waals surface area contributed by atoms with Crippen molar-refractivity contribution in [3.63, 3.8) is 0 Å². The number of fused-ring (bicyclic) bond motifs is 2. The summed E-state index contributed by atoms with van der Waals surface area (Å²) in [5.41, 5.74) is 10.6. The number of nitrogens with one attached hydrogen (secondary N) is 1. The average molecular weight is 434 g/mol. The topological polar surface area (TPSA) is 85.8 Å². The summed E-state index contributed by atoms with van der Waals surface area (Å²) in [7, 11) is 0. The number of nitrogen functional groups attached to an aromatic ring is 1. The third-order valence-electron chi connectivity index (χ3n) is 6.01. The van der Waals surface area contributed by atoms with Crippen LogP contribution in [0.2, 0.25) is 5.02 Å². The third-order valence-corrected chi connectivity index (χ3v) is 6.26. The molecule has 3 N–H and O–H groups in total. The summed E-state index contributed by atoms with van der Waals surface area (Å²) in [4.78, 5) is 22.9. The molecule has 7 heteroatoms. The van der Waals surface area contributed by atoms with Gasteiger partial charge < -0.3 is 15.6 Å². The van der Waals surface area contributed by atoms with Crippen LogP contribution in [0.15, 0.2) is 48.5 Å². The van der Waals surface area contributed by atoms with Crippen LogP contribution < -0.4 is 11.1 Å². The van der Waals surface area contributed by atoms with Gasteiger partial charge >= 0.3 is 0 Å². The quantitative estimate of drug-likeness (QED) is 0.477. The van der Waals surface area contributed by atoms with E-state index in [-0.39, 0.29) is 11.9 Å². The Balaban J connectivity index is 1.62. The number of rotatable bonds is 4. The molecular formula is C24H24ClN5O. The molecule has 0 spiro atoms. The van der Waals surface area contributed by atoms with Crippen molar-refractivity contribution in [2.24, 2.45) is 0 Å². The Morgan fingerprint density at radius 2 is 1.71 bits per heavy atom. The van der Waals surface area contributed by atoms with E-state index >= 15 is 0 Å². The predicted molar refractivity (Wildman–Crippen MR) is 124 cm³/mol. The molecule has 1 saturated carbocycles. The van der Waals surface area contributed by atoms with Gasteiger partial charge in [0.05, 0.1) is 17.6 Å². The van der Waals surface area contributed by atoms with Gasteiger partial charge in [0, 0.05) is 11.1 Å². The lowest BCUT2D eigenvalue weighted by Crippen LogP contribution is -2.36. The van der Waals surface area contributed by atoms with Gasteiger partial charge in [-0.2, -0.15) is 0 Å². The van der Waals surface area contributed by atoms with Gasteiger partial charge in [0.15, 0.2) is 5.65 Å². The van der Waals surface area contributed by atoms with Crippen molar-refractivity contribution in [3.8, 4) is 0 Å². The zero-order valence-corrected chi connectivity index (χ0v) is 17.9. The van der Waals surface area contributed by atoms with Crippen molar-refractivity contribution in [1.82, 2.24) is 19.9 Å². The Morgan fingerprint density at radius 1 is 1.03 bits per heavy atom. The molecule has 0 radical (unpaired) electrons. The van der Waals surface area contributed by atoms with E-state index in [0.717, 1.165) is 42.3 Å². The third kappa shape index (κ3) is 3.83. The molecule has 2 heterocycles. The summed E-state index contributed by atoms with van der Waals surface area (Å²) in [6.45, 7) is 0.475. The van der Waals surface area contributed by atoms with Crippen LogP contribution in [0.25, 0.3) is 22.2 Å². The highest BCUT2D eigenvalue weighted by atomic mass is 35.5. The highest BCUT2D eigenvalue weighted by Crippen LogP contribution is 2.29. The highest BCUT2D eigenvalue weighted by molar-refractivity contribution is 6.30. The highest BCUT2D eigenvalue weighted by Gasteiger charge is 2.26. The maximum atomic E-state index is 13.3. The summed E-state index contributed by atoms with van der Waals surface area (Å²) >= 11 is 6.04. The van der Waals surface area contributed by atoms with Gasteiger partial charge in [-0.15, -0.1) is 0 Å². The van der Waals surface area contributed by atoms with E-state index in [2.05, 4.69) is 5.32 Å². The van der Waals surface area contributed by atoms with Crippen LogP contribution in [0.5, 0.6) is 0 Å². The van der Waals surface area contributed by atoms with Crippen molar-refractivity contribution in [2.75, 3.05) is 5.73 Å². The first-order valence-corrected chi connectivity index (χ1v) is 11.1. The molecule has 1 aliphatic rings. The molecular weight excluding hydrogens is 410 g/mol. The number of carbonyl (C=O) groups is 1. The summed E-state index contributed by atoms with van der Waals surface area (Å²) < 4.78 is 1.87. The molecule has 0 atom stereocenters. The minimum atomic E-state index is -0.172. The van der Waals surface area contributed by atoms with Gasteiger partial charge in [-0.1, -0.05) is 55.1 Å². The van der Waals surface area contributed by atoms with E-state index < -0.39 is 0 Å². The van der Waals surface area contributed by atoms with Gasteiger partial charge in [0.25, 0.3) is 5.91 Å². The molecule has 0 aliphatic heterocycles. The number of hydrogen-bond donors (Lipinski definition) is 2. The van der Waals surface area contributed by atoms with Gasteiger partial charge in [0.2, 0.25) is 0 Å². The van der Waals surface area contributed by atoms with E-state index in [1.54, 1.807) is 0 Å². The molecule has 0 saturated heterocycles. The number of halogens is 1. The van der Waals surface area contributed by atoms with Gasteiger partial charge in [-0.05, 0) is 42.7 Å². The number of hydrogen-bond acceptors (Lipinski definition) is 4. The molecule has 2 aromatic heterocycles. The molecule has 2 aromatic carbocycles. The van der Waals surface area contributed by atoms with Crippen molar-refractivity contribution in [3.05, 3.63) is 64.7 Å². The fraction of sp³-hybridized carbons (Fsp3) is 0.292. The maximum Gasteiger partial charge on any atom is 0.257 e. The molecule has 31 heavy (non-hydrogen) atoms. The lowest BCUT2D eigenvalue weighted by molar-refractivity contribution is 0.0930. The molecule has 0 bridgehead atoms. The summed E-state index contributed by atoms with van der Waals surface area (Å²) in [5.74, 6) is 0.211. The zero-order chi connectivity index (χ0) is 21.4. The van der Waals surface area contributed by atoms with Crippen molar-refractivity contribution < 1.29 is 4.79 Å². The van der Waals surface area contributed by atoms with Crippen LogP contribution in [0, 0.1) is 0 Å². The number of nitrogens with two attached hydrogens (primary N) is 1. The SMILES string of the molecule is Nc1c(C(=O)NC2CCCCC2)c2nc3ccccc3nc2n1Cc1ccc(Cl)cc1. The largest absolute Gasteiger partial charge is 0.384 e. The lowest BCUT2D eigenvalue weighted by Gasteiger charge is -2.22. The van der Waals surface area contributed by atoms with Crippen LogP contribution >= 0.6 is 11.6 Å². The number of amides is 1. The molecule has 6 nitrogen and oxygen atoms in total.